The Hall–Kier alpha value is -1.96. The number of nitrogens with zero attached hydrogens (tertiary/aromatic N) is 1. The first-order valence-corrected chi connectivity index (χ1v) is 8.87. The van der Waals surface area contributed by atoms with Gasteiger partial charge in [0.15, 0.2) is 0 Å². The van der Waals surface area contributed by atoms with Crippen LogP contribution < -0.4 is 9.46 Å². The van der Waals surface area contributed by atoms with E-state index in [-0.39, 0.29) is 17.5 Å². The summed E-state index contributed by atoms with van der Waals surface area (Å²) >= 11 is 0. The summed E-state index contributed by atoms with van der Waals surface area (Å²) in [5.74, 6) is 0.234. The second-order valence-corrected chi connectivity index (χ2v) is 7.33. The molecule has 0 aliphatic rings. The Labute approximate surface area is 142 Å². The van der Waals surface area contributed by atoms with Crippen LogP contribution in [0.25, 0.3) is 0 Å². The van der Waals surface area contributed by atoms with Crippen molar-refractivity contribution in [1.82, 2.24) is 9.62 Å². The minimum absolute atomic E-state index is 0.0343. The van der Waals surface area contributed by atoms with E-state index in [9.17, 15) is 12.8 Å². The van der Waals surface area contributed by atoms with Gasteiger partial charge in [0.1, 0.15) is 11.6 Å². The fourth-order valence-electron chi connectivity index (χ4n) is 2.33. The van der Waals surface area contributed by atoms with E-state index < -0.39 is 15.8 Å². The molecule has 2 aromatic carbocycles. The summed E-state index contributed by atoms with van der Waals surface area (Å²) in [5, 5.41) is 0. The van der Waals surface area contributed by atoms with E-state index >= 15 is 0 Å². The SMILES string of the molecule is COc1cccc([C@H](CNS(=O)(=O)c2ccc(F)cc2)N(C)C)c1. The Morgan fingerprint density at radius 2 is 1.83 bits per heavy atom. The molecular formula is C17H21FN2O3S. The number of benzene rings is 2. The van der Waals surface area contributed by atoms with Crippen molar-refractivity contribution < 1.29 is 17.5 Å². The summed E-state index contributed by atoms with van der Waals surface area (Å²) < 4.78 is 45.4. The molecule has 24 heavy (non-hydrogen) atoms. The van der Waals surface area contributed by atoms with E-state index in [1.807, 2.05) is 43.3 Å². The van der Waals surface area contributed by atoms with Crippen LogP contribution in [0.1, 0.15) is 11.6 Å². The Morgan fingerprint density at radius 3 is 2.42 bits per heavy atom. The van der Waals surface area contributed by atoms with Gasteiger partial charge in [-0.3, -0.25) is 0 Å². The lowest BCUT2D eigenvalue weighted by Crippen LogP contribution is -2.34. The van der Waals surface area contributed by atoms with Gasteiger partial charge in [-0.2, -0.15) is 0 Å². The van der Waals surface area contributed by atoms with Gasteiger partial charge in [-0.05, 0) is 56.1 Å². The lowest BCUT2D eigenvalue weighted by atomic mass is 10.1. The second-order valence-electron chi connectivity index (χ2n) is 5.56. The van der Waals surface area contributed by atoms with Crippen LogP contribution in [0.5, 0.6) is 5.75 Å². The first-order chi connectivity index (χ1) is 11.3. The van der Waals surface area contributed by atoms with Crippen LogP contribution in [-0.4, -0.2) is 41.1 Å². The molecule has 0 aliphatic heterocycles. The number of nitrogens with one attached hydrogen (secondary N) is 1. The smallest absolute Gasteiger partial charge is 0.240 e. The van der Waals surface area contributed by atoms with Crippen molar-refractivity contribution in [2.24, 2.45) is 0 Å². The molecule has 1 atom stereocenters. The maximum absolute atomic E-state index is 13.0. The average molecular weight is 352 g/mol. The topological polar surface area (TPSA) is 58.6 Å². The normalized spacial score (nSPS) is 13.0. The molecule has 0 bridgehead atoms. The fraction of sp³-hybridized carbons (Fsp3) is 0.294. The highest BCUT2D eigenvalue weighted by atomic mass is 32.2. The number of sulfonamides is 1. The Kier molecular flexibility index (Phi) is 5.93. The number of halogens is 1. The van der Waals surface area contributed by atoms with Crippen LogP contribution in [0.2, 0.25) is 0 Å². The van der Waals surface area contributed by atoms with Crippen molar-refractivity contribution in [2.45, 2.75) is 10.9 Å². The summed E-state index contributed by atoms with van der Waals surface area (Å²) in [7, 11) is 1.62. The van der Waals surface area contributed by atoms with E-state index in [0.29, 0.717) is 5.75 Å². The number of likely N-dealkylation sites (N-methyl/N-ethyl adjacent to an activating group) is 1. The lowest BCUT2D eigenvalue weighted by molar-refractivity contribution is 0.298. The Bertz CT molecular complexity index is 777. The molecule has 0 fully saturated rings. The molecule has 1 N–H and O–H groups in total. The zero-order chi connectivity index (χ0) is 17.7. The molecule has 0 heterocycles. The van der Waals surface area contributed by atoms with Gasteiger partial charge in [-0.1, -0.05) is 12.1 Å². The molecule has 0 saturated heterocycles. The predicted octanol–water partition coefficient (Wildman–Crippen LogP) is 2.42. The summed E-state index contributed by atoms with van der Waals surface area (Å²) in [4.78, 5) is 1.95. The second kappa shape index (κ2) is 7.74. The van der Waals surface area contributed by atoms with Crippen molar-refractivity contribution in [3.05, 3.63) is 59.9 Å². The van der Waals surface area contributed by atoms with Gasteiger partial charge in [0.05, 0.1) is 12.0 Å². The van der Waals surface area contributed by atoms with Gasteiger partial charge in [0, 0.05) is 12.6 Å². The van der Waals surface area contributed by atoms with Crippen molar-refractivity contribution in [2.75, 3.05) is 27.7 Å². The van der Waals surface area contributed by atoms with Crippen molar-refractivity contribution >= 4 is 10.0 Å². The summed E-state index contributed by atoms with van der Waals surface area (Å²) in [6.07, 6.45) is 0. The summed E-state index contributed by atoms with van der Waals surface area (Å²) in [6, 6.07) is 12.0. The van der Waals surface area contributed by atoms with Crippen LogP contribution in [0.15, 0.2) is 53.4 Å². The number of hydrogen-bond donors (Lipinski definition) is 1. The minimum Gasteiger partial charge on any atom is -0.497 e. The standard InChI is InChI=1S/C17H21FN2O3S/c1-20(2)17(13-5-4-6-15(11-13)23-3)12-19-24(21,22)16-9-7-14(18)8-10-16/h4-11,17,19H,12H2,1-3H3/t17-/m0/s1. The Balaban J connectivity index is 2.17. The molecule has 7 heteroatoms. The van der Waals surface area contributed by atoms with Crippen molar-refractivity contribution in [1.29, 1.82) is 0 Å². The summed E-state index contributed by atoms with van der Waals surface area (Å²) in [6.45, 7) is 0.180. The largest absolute Gasteiger partial charge is 0.497 e. The highest BCUT2D eigenvalue weighted by molar-refractivity contribution is 7.89. The number of methoxy groups -OCH3 is 1. The highest BCUT2D eigenvalue weighted by Gasteiger charge is 2.20. The van der Waals surface area contributed by atoms with Gasteiger partial charge in [-0.25, -0.2) is 17.5 Å². The lowest BCUT2D eigenvalue weighted by Gasteiger charge is -2.25. The molecule has 0 aromatic heterocycles. The van der Waals surface area contributed by atoms with Gasteiger partial charge >= 0.3 is 0 Å². The third-order valence-electron chi connectivity index (χ3n) is 3.69. The summed E-state index contributed by atoms with van der Waals surface area (Å²) in [5.41, 5.74) is 0.932. The zero-order valence-electron chi connectivity index (χ0n) is 13.9. The van der Waals surface area contributed by atoms with Gasteiger partial charge in [0.2, 0.25) is 10.0 Å². The minimum atomic E-state index is -3.70. The van der Waals surface area contributed by atoms with Gasteiger partial charge in [0.25, 0.3) is 0 Å². The maximum atomic E-state index is 13.0. The third-order valence-corrected chi connectivity index (χ3v) is 5.13. The number of ether oxygens (including phenoxy) is 1. The van der Waals surface area contributed by atoms with E-state index in [1.54, 1.807) is 7.11 Å². The predicted molar refractivity (Wildman–Crippen MR) is 91.0 cm³/mol. The van der Waals surface area contributed by atoms with E-state index in [1.165, 1.54) is 12.1 Å². The van der Waals surface area contributed by atoms with Crippen LogP contribution >= 0.6 is 0 Å². The molecule has 5 nitrogen and oxygen atoms in total. The molecule has 0 unspecified atom stereocenters. The van der Waals surface area contributed by atoms with Crippen molar-refractivity contribution in [3.8, 4) is 5.75 Å². The monoisotopic (exact) mass is 352 g/mol. The maximum Gasteiger partial charge on any atom is 0.240 e. The van der Waals surface area contributed by atoms with Gasteiger partial charge in [-0.15, -0.1) is 0 Å². The molecule has 2 rings (SSSR count). The first kappa shape index (κ1) is 18.4. The average Bonchev–Trinajstić information content (AvgIpc) is 2.55. The molecule has 0 aliphatic carbocycles. The molecule has 130 valence electrons. The van der Waals surface area contributed by atoms with Crippen LogP contribution in [0.3, 0.4) is 0 Å². The van der Waals surface area contributed by atoms with Crippen LogP contribution in [0.4, 0.5) is 4.39 Å². The molecule has 0 saturated carbocycles. The quantitative estimate of drug-likeness (QED) is 0.831. The zero-order valence-corrected chi connectivity index (χ0v) is 14.7. The van der Waals surface area contributed by atoms with E-state index in [0.717, 1.165) is 17.7 Å². The van der Waals surface area contributed by atoms with Crippen molar-refractivity contribution in [3.63, 3.8) is 0 Å². The number of hydrogen-bond acceptors (Lipinski definition) is 4. The molecular weight excluding hydrogens is 331 g/mol. The third kappa shape index (κ3) is 4.53. The van der Waals surface area contributed by atoms with Gasteiger partial charge < -0.3 is 9.64 Å². The number of rotatable bonds is 7. The Morgan fingerprint density at radius 1 is 1.17 bits per heavy atom. The van der Waals surface area contributed by atoms with Crippen LogP contribution in [0, 0.1) is 5.82 Å². The highest BCUT2D eigenvalue weighted by Crippen LogP contribution is 2.22. The fourth-order valence-corrected chi connectivity index (χ4v) is 3.37. The molecule has 0 radical (unpaired) electrons. The van der Waals surface area contributed by atoms with E-state index in [4.69, 9.17) is 4.74 Å². The molecule has 0 spiro atoms. The van der Waals surface area contributed by atoms with Crippen LogP contribution in [-0.2, 0) is 10.0 Å². The first-order valence-electron chi connectivity index (χ1n) is 7.39. The molecule has 0 amide bonds. The molecule has 2 aromatic rings. The van der Waals surface area contributed by atoms with E-state index in [2.05, 4.69) is 4.72 Å².